The molecule has 0 radical (unpaired) electrons. The van der Waals surface area contributed by atoms with Crippen LogP contribution in [0.1, 0.15) is 31.2 Å². The molecule has 1 aliphatic rings. The minimum absolute atomic E-state index is 0.0290. The van der Waals surface area contributed by atoms with E-state index < -0.39 is 8.26 Å². The van der Waals surface area contributed by atoms with E-state index >= 15 is 0 Å². The van der Waals surface area contributed by atoms with Gasteiger partial charge < -0.3 is 4.74 Å². The highest BCUT2D eigenvalue weighted by molar-refractivity contribution is 8.31. The summed E-state index contributed by atoms with van der Waals surface area (Å²) in [6.07, 6.45) is 4.94. The summed E-state index contributed by atoms with van der Waals surface area (Å²) in [5.41, 5.74) is 1.37. The summed E-state index contributed by atoms with van der Waals surface area (Å²) in [4.78, 5) is 0. The minimum atomic E-state index is -3.72. The maximum atomic E-state index is 9.16. The van der Waals surface area contributed by atoms with Gasteiger partial charge in [0.1, 0.15) is 0 Å². The summed E-state index contributed by atoms with van der Waals surface area (Å²) in [6, 6.07) is 10.6. The highest BCUT2D eigenvalue weighted by Gasteiger charge is 2.35. The Morgan fingerprint density at radius 1 is 1.11 bits per heavy atom. The molecule has 0 unspecified atom stereocenters. The van der Waals surface area contributed by atoms with Gasteiger partial charge in [0, 0.05) is 28.5 Å². The van der Waals surface area contributed by atoms with Crippen LogP contribution < -0.4 is 0 Å². The van der Waals surface area contributed by atoms with E-state index in [4.69, 9.17) is 13.2 Å². The van der Waals surface area contributed by atoms with Gasteiger partial charge in [-0.2, -0.15) is 8.42 Å². The van der Waals surface area contributed by atoms with Crippen LogP contribution in [0, 0.1) is 0 Å². The van der Waals surface area contributed by atoms with Gasteiger partial charge >= 0.3 is 8.26 Å². The van der Waals surface area contributed by atoms with Crippen LogP contribution in [0.15, 0.2) is 30.3 Å². The third-order valence-electron chi connectivity index (χ3n) is 3.10. The van der Waals surface area contributed by atoms with E-state index in [1.807, 2.05) is 7.11 Å². The van der Waals surface area contributed by atoms with Crippen LogP contribution in [0.5, 0.6) is 0 Å². The second-order valence-corrected chi connectivity index (χ2v) is 7.82. The number of halogens is 2. The van der Waals surface area contributed by atoms with Crippen molar-refractivity contribution in [1.82, 2.24) is 0 Å². The van der Waals surface area contributed by atoms with Crippen molar-refractivity contribution in [3.05, 3.63) is 35.9 Å². The molecule has 6 heteroatoms. The molecular formula is C12H16Cl2O3S. The van der Waals surface area contributed by atoms with Crippen LogP contribution in [-0.2, 0) is 18.6 Å². The molecule has 0 bridgehead atoms. The predicted octanol–water partition coefficient (Wildman–Crippen LogP) is 3.81. The Morgan fingerprint density at radius 3 is 1.94 bits per heavy atom. The molecule has 0 heterocycles. The molecule has 3 nitrogen and oxygen atoms in total. The van der Waals surface area contributed by atoms with Crippen molar-refractivity contribution >= 4 is 29.6 Å². The van der Waals surface area contributed by atoms with Crippen molar-refractivity contribution in [2.45, 2.75) is 31.3 Å². The zero-order chi connectivity index (χ0) is 13.6. The van der Waals surface area contributed by atoms with E-state index in [1.165, 1.54) is 31.2 Å². The lowest BCUT2D eigenvalue weighted by Crippen LogP contribution is -2.23. The Morgan fingerprint density at radius 2 is 1.56 bits per heavy atom. The van der Waals surface area contributed by atoms with Crippen molar-refractivity contribution in [2.24, 2.45) is 0 Å². The lowest BCUT2D eigenvalue weighted by molar-refractivity contribution is -0.00869. The van der Waals surface area contributed by atoms with Crippen LogP contribution in [0.3, 0.4) is 0 Å². The molecule has 1 aliphatic carbocycles. The summed E-state index contributed by atoms with van der Waals surface area (Å²) >= 11 is 0. The zero-order valence-corrected chi connectivity index (χ0v) is 12.4. The fourth-order valence-corrected chi connectivity index (χ4v) is 2.30. The number of methoxy groups -OCH3 is 1. The molecule has 0 atom stereocenters. The molecule has 1 aromatic rings. The molecule has 0 saturated heterocycles. The Hall–Kier alpha value is -0.290. The van der Waals surface area contributed by atoms with Gasteiger partial charge in [-0.15, -0.1) is 0 Å². The van der Waals surface area contributed by atoms with Gasteiger partial charge in [0.25, 0.3) is 0 Å². The molecule has 2 rings (SSSR count). The first-order valence-corrected chi connectivity index (χ1v) is 8.76. The standard InChI is InChI=1S/C12H16O.Cl2O2S/c1-13-12(9-5-6-10-12)11-7-3-2-4-8-11;1-5(2,3)4/h2-4,7-8H,5-6,9-10H2,1H3;. The van der Waals surface area contributed by atoms with Gasteiger partial charge in [-0.05, 0) is 18.4 Å². The lowest BCUT2D eigenvalue weighted by Gasteiger charge is -2.27. The largest absolute Gasteiger partial charge is 0.374 e. The maximum absolute atomic E-state index is 9.16. The number of rotatable bonds is 2. The van der Waals surface area contributed by atoms with Crippen molar-refractivity contribution in [3.8, 4) is 0 Å². The Bertz CT molecular complexity index is 445. The smallest absolute Gasteiger partial charge is 0.317 e. The predicted molar refractivity (Wildman–Crippen MR) is 74.2 cm³/mol. The third kappa shape index (κ3) is 5.14. The second kappa shape index (κ2) is 6.75. The highest BCUT2D eigenvalue weighted by atomic mass is 36.0. The molecule has 0 aliphatic heterocycles. The van der Waals surface area contributed by atoms with Gasteiger partial charge in [0.05, 0.1) is 5.60 Å². The average Bonchev–Trinajstić information content (AvgIpc) is 2.78. The zero-order valence-electron chi connectivity index (χ0n) is 10.1. The van der Waals surface area contributed by atoms with Crippen LogP contribution in [-0.4, -0.2) is 15.5 Å². The van der Waals surface area contributed by atoms with Gasteiger partial charge in [-0.25, -0.2) is 0 Å². The van der Waals surface area contributed by atoms with Crippen LogP contribution >= 0.6 is 21.4 Å². The van der Waals surface area contributed by atoms with E-state index in [9.17, 15) is 0 Å². The van der Waals surface area contributed by atoms with E-state index in [0.717, 1.165) is 0 Å². The van der Waals surface area contributed by atoms with E-state index in [1.54, 1.807) is 0 Å². The summed E-state index contributed by atoms with van der Waals surface area (Å²) in [7, 11) is 6.64. The summed E-state index contributed by atoms with van der Waals surface area (Å²) in [5.74, 6) is 0. The maximum Gasteiger partial charge on any atom is 0.317 e. The fourth-order valence-electron chi connectivity index (χ4n) is 2.30. The van der Waals surface area contributed by atoms with E-state index in [0.29, 0.717) is 0 Å². The molecular weight excluding hydrogens is 295 g/mol. The molecule has 1 saturated carbocycles. The van der Waals surface area contributed by atoms with Gasteiger partial charge in [-0.3, -0.25) is 0 Å². The molecule has 1 fully saturated rings. The van der Waals surface area contributed by atoms with Gasteiger partial charge in [0.2, 0.25) is 0 Å². The quantitative estimate of drug-likeness (QED) is 0.780. The van der Waals surface area contributed by atoms with E-state index in [-0.39, 0.29) is 5.60 Å². The third-order valence-corrected chi connectivity index (χ3v) is 3.10. The highest BCUT2D eigenvalue weighted by Crippen LogP contribution is 2.41. The molecule has 18 heavy (non-hydrogen) atoms. The Balaban J connectivity index is 0.000000280. The second-order valence-electron chi connectivity index (χ2n) is 4.15. The summed E-state index contributed by atoms with van der Waals surface area (Å²) in [5, 5.41) is 0. The monoisotopic (exact) mass is 310 g/mol. The number of benzene rings is 1. The SMILES string of the molecule is COC1(c2ccccc2)CCCC1.O=S(=O)(Cl)Cl. The topological polar surface area (TPSA) is 43.4 Å². The summed E-state index contributed by atoms with van der Waals surface area (Å²) in [6.45, 7) is 0. The summed E-state index contributed by atoms with van der Waals surface area (Å²) < 4.78 is 24.0. The fraction of sp³-hybridized carbons (Fsp3) is 0.500. The minimum Gasteiger partial charge on any atom is -0.374 e. The Labute approximate surface area is 117 Å². The first-order chi connectivity index (χ1) is 8.37. The first-order valence-electron chi connectivity index (χ1n) is 5.62. The number of hydrogen-bond donors (Lipinski definition) is 0. The van der Waals surface area contributed by atoms with Crippen LogP contribution in [0.2, 0.25) is 0 Å². The molecule has 0 amide bonds. The molecule has 0 N–H and O–H groups in total. The van der Waals surface area contributed by atoms with Crippen molar-refractivity contribution in [2.75, 3.05) is 7.11 Å². The average molecular weight is 311 g/mol. The van der Waals surface area contributed by atoms with Crippen LogP contribution in [0.25, 0.3) is 0 Å². The first kappa shape index (κ1) is 15.8. The normalized spacial score (nSPS) is 17.9. The van der Waals surface area contributed by atoms with Crippen molar-refractivity contribution in [1.29, 1.82) is 0 Å². The van der Waals surface area contributed by atoms with E-state index in [2.05, 4.69) is 51.7 Å². The molecule has 1 aromatic carbocycles. The molecule has 0 aromatic heterocycles. The van der Waals surface area contributed by atoms with Crippen molar-refractivity contribution < 1.29 is 13.2 Å². The van der Waals surface area contributed by atoms with Crippen molar-refractivity contribution in [3.63, 3.8) is 0 Å². The van der Waals surface area contributed by atoms with Crippen LogP contribution in [0.4, 0.5) is 0 Å². The van der Waals surface area contributed by atoms with Gasteiger partial charge in [0.15, 0.2) is 0 Å². The molecule has 102 valence electrons. The Kier molecular flexibility index (Phi) is 5.92. The van der Waals surface area contributed by atoms with Gasteiger partial charge in [-0.1, -0.05) is 43.2 Å². The number of ether oxygens (including phenoxy) is 1. The lowest BCUT2D eigenvalue weighted by atomic mass is 9.92. The number of hydrogen-bond acceptors (Lipinski definition) is 3. The molecule has 0 spiro atoms.